The third kappa shape index (κ3) is 71.5. The van der Waals surface area contributed by atoms with Gasteiger partial charge in [0.1, 0.15) is 19.3 Å². The minimum Gasteiger partial charge on any atom is -0.462 e. The second-order valence-corrected chi connectivity index (χ2v) is 33.1. The third-order valence-electron chi connectivity index (χ3n) is 19.3. The Hall–Kier alpha value is -1.94. The quantitative estimate of drug-likeness (QED) is 0.0222. The lowest BCUT2D eigenvalue weighted by Crippen LogP contribution is -2.30. The first kappa shape index (κ1) is 97.1. The Morgan fingerprint density at radius 1 is 0.283 bits per heavy atom. The van der Waals surface area contributed by atoms with Crippen LogP contribution in [0.1, 0.15) is 409 Å². The van der Waals surface area contributed by atoms with Gasteiger partial charge in [0.2, 0.25) is 0 Å². The number of rotatable bonds is 77. The molecule has 99 heavy (non-hydrogen) atoms. The molecule has 0 saturated carbocycles. The summed E-state index contributed by atoms with van der Waals surface area (Å²) in [6.07, 6.45) is 55.4. The van der Waals surface area contributed by atoms with Crippen molar-refractivity contribution in [2.24, 2.45) is 23.7 Å². The summed E-state index contributed by atoms with van der Waals surface area (Å²) in [6, 6.07) is 0. The zero-order valence-electron chi connectivity index (χ0n) is 65.1. The van der Waals surface area contributed by atoms with Crippen LogP contribution < -0.4 is 0 Å². The first-order valence-electron chi connectivity index (χ1n) is 41.3. The van der Waals surface area contributed by atoms with Gasteiger partial charge < -0.3 is 33.8 Å². The Kier molecular flexibility index (Phi) is 67.8. The number of carbonyl (C=O) groups is 4. The van der Waals surface area contributed by atoms with Crippen LogP contribution in [0.15, 0.2) is 0 Å². The van der Waals surface area contributed by atoms with Crippen molar-refractivity contribution in [3.8, 4) is 0 Å². The fraction of sp³-hybridized carbons (Fsp3) is 0.950. The fourth-order valence-electron chi connectivity index (χ4n) is 12.2. The summed E-state index contributed by atoms with van der Waals surface area (Å²) in [6.45, 7) is 14.3. The number of phosphoric ester groups is 2. The first-order chi connectivity index (χ1) is 47.7. The number of unbranched alkanes of at least 4 members (excludes halogenated alkanes) is 41. The van der Waals surface area contributed by atoms with E-state index in [1.54, 1.807) is 0 Å². The average Bonchev–Trinajstić information content (AvgIpc) is 1.14. The molecule has 0 aliphatic rings. The van der Waals surface area contributed by atoms with E-state index in [9.17, 15) is 43.2 Å². The zero-order valence-corrected chi connectivity index (χ0v) is 66.9. The molecule has 0 spiro atoms. The molecule has 0 radical (unpaired) electrons. The molecule has 19 heteroatoms. The zero-order chi connectivity index (χ0) is 73.1. The van der Waals surface area contributed by atoms with Gasteiger partial charge >= 0.3 is 39.5 Å². The van der Waals surface area contributed by atoms with Gasteiger partial charge in [0, 0.05) is 25.7 Å². The maximum absolute atomic E-state index is 13.1. The number of hydrogen-bond acceptors (Lipinski definition) is 15. The standard InChI is InChI=1S/C80H156O17P2/c1-9-72(7)58-50-42-34-28-21-17-14-15-19-23-31-37-47-55-63-80(85)97-76(67-91-78(83)61-53-45-39-38-43-51-59-73(8)10-2)69-95-99(88,89)93-65-74(81)64-92-98(86,87)94-68-75(66-90-77(82)60-52-44-35-29-25-24-27-33-41-49-57-71(5)6)96-79(84)62-54-46-36-30-22-18-13-11-12-16-20-26-32-40-48-56-70(3)4/h70-76,81H,9-69H2,1-8H3,(H,86,87)(H,88,89)/t72?,73?,74-,75-,76-/m1/s1. The Labute approximate surface area is 607 Å². The summed E-state index contributed by atoms with van der Waals surface area (Å²) >= 11 is 0. The SMILES string of the molecule is CCC(C)CCCCCCCCCCCCCCCCC(=O)O[C@H](COC(=O)CCCCCCCCC(C)CC)COP(=O)(O)OC[C@H](O)COP(=O)(O)OC[C@@H](COC(=O)CCCCCCCCCCCCC(C)C)OC(=O)CCCCCCCCCCCCCCCCCC(C)C. The highest BCUT2D eigenvalue weighted by Crippen LogP contribution is 2.45. The predicted molar refractivity (Wildman–Crippen MR) is 404 cm³/mol. The van der Waals surface area contributed by atoms with Crippen molar-refractivity contribution < 1.29 is 80.2 Å². The first-order valence-corrected chi connectivity index (χ1v) is 44.3. The third-order valence-corrected chi connectivity index (χ3v) is 21.2. The van der Waals surface area contributed by atoms with E-state index in [0.29, 0.717) is 25.7 Å². The minimum atomic E-state index is -4.96. The molecule has 3 N–H and O–H groups in total. The summed E-state index contributed by atoms with van der Waals surface area (Å²) in [5.41, 5.74) is 0. The van der Waals surface area contributed by atoms with Gasteiger partial charge in [-0.2, -0.15) is 0 Å². The van der Waals surface area contributed by atoms with Crippen LogP contribution in [0.4, 0.5) is 0 Å². The van der Waals surface area contributed by atoms with Crippen LogP contribution in [0.3, 0.4) is 0 Å². The molecule has 0 aliphatic heterocycles. The molecule has 0 amide bonds. The van der Waals surface area contributed by atoms with Crippen molar-refractivity contribution in [2.75, 3.05) is 39.6 Å². The van der Waals surface area contributed by atoms with Gasteiger partial charge in [0.15, 0.2) is 12.2 Å². The molecule has 0 fully saturated rings. The van der Waals surface area contributed by atoms with E-state index in [1.165, 1.54) is 205 Å². The van der Waals surface area contributed by atoms with E-state index >= 15 is 0 Å². The Bertz CT molecular complexity index is 1940. The highest BCUT2D eigenvalue weighted by molar-refractivity contribution is 7.47. The van der Waals surface area contributed by atoms with Gasteiger partial charge in [0.25, 0.3) is 0 Å². The Morgan fingerprint density at radius 3 is 0.717 bits per heavy atom. The number of aliphatic hydroxyl groups is 1. The van der Waals surface area contributed by atoms with E-state index < -0.39 is 97.5 Å². The van der Waals surface area contributed by atoms with Gasteiger partial charge in [-0.1, -0.05) is 357 Å². The molecule has 0 rings (SSSR count). The predicted octanol–water partition coefficient (Wildman–Crippen LogP) is 23.6. The molecule has 0 aromatic carbocycles. The maximum atomic E-state index is 13.1. The average molecular weight is 1450 g/mol. The molecule has 17 nitrogen and oxygen atoms in total. The Balaban J connectivity index is 5.24. The van der Waals surface area contributed by atoms with Crippen LogP contribution in [-0.4, -0.2) is 96.7 Å². The lowest BCUT2D eigenvalue weighted by atomic mass is 9.99. The number of ether oxygens (including phenoxy) is 4. The normalized spacial score (nSPS) is 14.6. The van der Waals surface area contributed by atoms with Gasteiger partial charge in [-0.25, -0.2) is 9.13 Å². The number of esters is 4. The lowest BCUT2D eigenvalue weighted by Gasteiger charge is -2.21. The molecule has 4 unspecified atom stereocenters. The van der Waals surface area contributed by atoms with E-state index in [-0.39, 0.29) is 25.7 Å². The topological polar surface area (TPSA) is 237 Å². The van der Waals surface area contributed by atoms with E-state index in [1.807, 2.05) is 0 Å². The smallest absolute Gasteiger partial charge is 0.462 e. The number of carbonyl (C=O) groups excluding carboxylic acids is 4. The molecular weight excluding hydrogens is 1290 g/mol. The number of aliphatic hydroxyl groups excluding tert-OH is 1. The van der Waals surface area contributed by atoms with Crippen molar-refractivity contribution in [1.29, 1.82) is 0 Å². The summed E-state index contributed by atoms with van der Waals surface area (Å²) in [4.78, 5) is 73.0. The summed E-state index contributed by atoms with van der Waals surface area (Å²) in [5, 5.41) is 10.6. The molecule has 588 valence electrons. The molecule has 0 aliphatic carbocycles. The van der Waals surface area contributed by atoms with Gasteiger partial charge in [-0.05, 0) is 49.4 Å². The minimum absolute atomic E-state index is 0.106. The van der Waals surface area contributed by atoms with Crippen LogP contribution in [0.25, 0.3) is 0 Å². The van der Waals surface area contributed by atoms with Crippen LogP contribution in [0.2, 0.25) is 0 Å². The van der Waals surface area contributed by atoms with Crippen molar-refractivity contribution in [1.82, 2.24) is 0 Å². The van der Waals surface area contributed by atoms with Crippen molar-refractivity contribution >= 4 is 39.5 Å². The highest BCUT2D eigenvalue weighted by Gasteiger charge is 2.30. The summed E-state index contributed by atoms with van der Waals surface area (Å²) < 4.78 is 68.7. The van der Waals surface area contributed by atoms with Crippen LogP contribution >= 0.6 is 15.6 Å². The Morgan fingerprint density at radius 2 is 0.485 bits per heavy atom. The van der Waals surface area contributed by atoms with Gasteiger partial charge in [-0.15, -0.1) is 0 Å². The second kappa shape index (κ2) is 69.1. The molecule has 0 bridgehead atoms. The van der Waals surface area contributed by atoms with Crippen molar-refractivity contribution in [2.45, 2.75) is 427 Å². The fourth-order valence-corrected chi connectivity index (χ4v) is 13.8. The summed E-state index contributed by atoms with van der Waals surface area (Å²) in [5.74, 6) is 1.02. The van der Waals surface area contributed by atoms with Crippen LogP contribution in [-0.2, 0) is 65.4 Å². The van der Waals surface area contributed by atoms with Crippen LogP contribution in [0, 0.1) is 23.7 Å². The van der Waals surface area contributed by atoms with Gasteiger partial charge in [-0.3, -0.25) is 37.3 Å². The highest BCUT2D eigenvalue weighted by atomic mass is 31.2. The summed E-state index contributed by atoms with van der Waals surface area (Å²) in [7, 11) is -9.92. The number of phosphoric acid groups is 2. The molecule has 7 atom stereocenters. The van der Waals surface area contributed by atoms with Crippen LogP contribution in [0.5, 0.6) is 0 Å². The largest absolute Gasteiger partial charge is 0.472 e. The van der Waals surface area contributed by atoms with E-state index in [2.05, 4.69) is 55.4 Å². The van der Waals surface area contributed by atoms with E-state index in [0.717, 1.165) is 120 Å². The molecule has 0 saturated heterocycles. The maximum Gasteiger partial charge on any atom is 0.472 e. The van der Waals surface area contributed by atoms with Crippen molar-refractivity contribution in [3.63, 3.8) is 0 Å². The van der Waals surface area contributed by atoms with Crippen molar-refractivity contribution in [3.05, 3.63) is 0 Å². The van der Waals surface area contributed by atoms with E-state index in [4.69, 9.17) is 37.0 Å². The monoisotopic (exact) mass is 1450 g/mol. The molecule has 0 heterocycles. The molecule has 0 aromatic rings. The lowest BCUT2D eigenvalue weighted by molar-refractivity contribution is -0.161. The van der Waals surface area contributed by atoms with Gasteiger partial charge in [0.05, 0.1) is 26.4 Å². The number of hydrogen-bond donors (Lipinski definition) is 3. The molecular formula is C80H156O17P2. The second-order valence-electron chi connectivity index (χ2n) is 30.2. The molecule has 0 aromatic heterocycles.